The average Bonchev–Trinajstić information content (AvgIpc) is 3.42. The van der Waals surface area contributed by atoms with Crippen LogP contribution in [-0.2, 0) is 23.1 Å². The molecule has 1 aromatic heterocycles. The monoisotopic (exact) mass is 595 g/mol. The number of aromatic nitrogens is 2. The number of nitrogens with one attached hydrogen (secondary N) is 1. The van der Waals surface area contributed by atoms with Crippen molar-refractivity contribution >= 4 is 17.7 Å². The van der Waals surface area contributed by atoms with Crippen LogP contribution in [0.2, 0.25) is 0 Å². The number of primary amides is 2. The molecule has 11 heteroatoms. The Hall–Kier alpha value is -4.56. The number of nitrogens with zero attached hydrogens (tertiary/aromatic N) is 4. The molecule has 2 fully saturated rings. The first-order valence-corrected chi connectivity index (χ1v) is 15.2. The molecule has 1 saturated carbocycles. The van der Waals surface area contributed by atoms with E-state index < -0.39 is 17.2 Å². The molecule has 11 nitrogen and oxygen atoms in total. The predicted molar refractivity (Wildman–Crippen MR) is 160 cm³/mol. The van der Waals surface area contributed by atoms with E-state index in [1.54, 1.807) is 17.0 Å². The number of piperidine rings is 1. The number of rotatable bonds is 9. The third-order valence-corrected chi connectivity index (χ3v) is 9.42. The van der Waals surface area contributed by atoms with E-state index in [9.17, 15) is 19.6 Å². The highest BCUT2D eigenvalue weighted by Crippen LogP contribution is 2.49. The first kappa shape index (κ1) is 29.5. The molecule has 0 unspecified atom stereocenters. The topological polar surface area (TPSA) is 181 Å². The minimum Gasteiger partial charge on any atom is -0.424 e. The number of nitrogens with two attached hydrogens (primary N) is 2. The van der Waals surface area contributed by atoms with Crippen LogP contribution in [0.25, 0.3) is 0 Å². The molecular weight excluding hydrogens is 558 g/mol. The van der Waals surface area contributed by atoms with Gasteiger partial charge >= 0.3 is 0 Å². The quantitative estimate of drug-likeness (QED) is 0.337. The van der Waals surface area contributed by atoms with Crippen LogP contribution in [0, 0.1) is 17.2 Å². The van der Waals surface area contributed by atoms with Gasteiger partial charge in [-0.1, -0.05) is 26.0 Å². The summed E-state index contributed by atoms with van der Waals surface area (Å²) in [4.78, 5) is 39.4. The highest BCUT2D eigenvalue weighted by molar-refractivity contribution is 5.94. The van der Waals surface area contributed by atoms with Crippen molar-refractivity contribution in [2.75, 3.05) is 6.54 Å². The lowest BCUT2D eigenvalue weighted by Gasteiger charge is -2.36. The number of amides is 3. The fourth-order valence-corrected chi connectivity index (χ4v) is 7.15. The van der Waals surface area contributed by atoms with E-state index in [1.807, 2.05) is 45.0 Å². The van der Waals surface area contributed by atoms with Gasteiger partial charge in [0.15, 0.2) is 0 Å². The molecule has 3 amide bonds. The average molecular weight is 596 g/mol. The summed E-state index contributed by atoms with van der Waals surface area (Å²) in [5, 5.41) is 22.0. The Labute approximate surface area is 256 Å². The van der Waals surface area contributed by atoms with Crippen molar-refractivity contribution in [2.24, 2.45) is 17.4 Å². The van der Waals surface area contributed by atoms with Gasteiger partial charge in [0.1, 0.15) is 11.5 Å². The molecule has 5 N–H and O–H groups in total. The maximum atomic E-state index is 13.3. The Morgan fingerprint density at radius 2 is 1.64 bits per heavy atom. The summed E-state index contributed by atoms with van der Waals surface area (Å²) >= 11 is 0. The third-order valence-electron chi connectivity index (χ3n) is 9.42. The fraction of sp³-hybridized carbons (Fsp3) is 0.455. The fourth-order valence-electron chi connectivity index (χ4n) is 7.15. The van der Waals surface area contributed by atoms with E-state index >= 15 is 0 Å². The molecule has 228 valence electrons. The largest absolute Gasteiger partial charge is 0.424 e. The maximum Gasteiger partial charge on any atom is 0.248 e. The first-order chi connectivity index (χ1) is 21.0. The van der Waals surface area contributed by atoms with Crippen molar-refractivity contribution in [3.05, 3.63) is 81.6 Å². The van der Waals surface area contributed by atoms with Crippen molar-refractivity contribution in [3.63, 3.8) is 0 Å². The van der Waals surface area contributed by atoms with E-state index in [0.717, 1.165) is 35.1 Å². The van der Waals surface area contributed by atoms with Crippen LogP contribution in [0.1, 0.15) is 101 Å². The lowest BCUT2D eigenvalue weighted by molar-refractivity contribution is -0.131. The van der Waals surface area contributed by atoms with Crippen LogP contribution in [-0.4, -0.2) is 57.5 Å². The minimum atomic E-state index is -0.993. The highest BCUT2D eigenvalue weighted by Gasteiger charge is 2.54. The number of hydrogen-bond acceptors (Lipinski definition) is 8. The van der Waals surface area contributed by atoms with Crippen molar-refractivity contribution in [2.45, 2.75) is 82.3 Å². The number of nitriles is 1. The first-order valence-electron chi connectivity index (χ1n) is 15.2. The second-order valence-electron chi connectivity index (χ2n) is 12.7. The molecule has 0 radical (unpaired) electrons. The standard InChI is InChI=1S/C33H37N7O4/c1-17(2)31-38-39-32(44-31)33(14-18(3)37-16-28(41)40-24(15-34)12-23-13-27(23)40)25-8-6-21(29(35)42)10-19(25)4-5-20-11-22(30(36)43)7-9-26(20)33/h6-11,17-18,23-24,27,37H,4-5,12-14,16H2,1-3H3,(H2,35,42)(H2,36,43)/t18-,23+,24-,27-/m0/s1. The van der Waals surface area contributed by atoms with Crippen molar-refractivity contribution < 1.29 is 18.8 Å². The van der Waals surface area contributed by atoms with Gasteiger partial charge in [0.05, 0.1) is 12.6 Å². The zero-order valence-corrected chi connectivity index (χ0v) is 25.2. The zero-order valence-electron chi connectivity index (χ0n) is 25.2. The van der Waals surface area contributed by atoms with Crippen LogP contribution in [0.3, 0.4) is 0 Å². The Bertz CT molecular complexity index is 1620. The Morgan fingerprint density at radius 1 is 1.02 bits per heavy atom. The van der Waals surface area contributed by atoms with Crippen molar-refractivity contribution in [1.29, 1.82) is 5.26 Å². The minimum absolute atomic E-state index is 0.0135. The number of likely N-dealkylation sites (tertiary alicyclic amines) is 1. The molecule has 6 rings (SSSR count). The van der Waals surface area contributed by atoms with Gasteiger partial charge < -0.3 is 26.1 Å². The lowest BCUT2D eigenvalue weighted by atomic mass is 9.68. The summed E-state index contributed by atoms with van der Waals surface area (Å²) in [7, 11) is 0. The molecule has 2 aliphatic carbocycles. The molecule has 4 atom stereocenters. The summed E-state index contributed by atoms with van der Waals surface area (Å²) in [5.41, 5.74) is 14.7. The summed E-state index contributed by atoms with van der Waals surface area (Å²) in [5.74, 6) is 0.156. The normalized spacial score (nSPS) is 21.9. The van der Waals surface area contributed by atoms with Gasteiger partial charge in [-0.25, -0.2) is 0 Å². The van der Waals surface area contributed by atoms with Gasteiger partial charge in [-0.15, -0.1) is 10.2 Å². The molecule has 2 aromatic carbocycles. The summed E-state index contributed by atoms with van der Waals surface area (Å²) < 4.78 is 6.42. The van der Waals surface area contributed by atoms with Gasteiger partial charge in [-0.2, -0.15) is 5.26 Å². The zero-order chi connectivity index (χ0) is 31.3. The van der Waals surface area contributed by atoms with Crippen molar-refractivity contribution in [3.8, 4) is 6.07 Å². The second-order valence-corrected chi connectivity index (χ2v) is 12.7. The van der Waals surface area contributed by atoms with Crippen LogP contribution in [0.5, 0.6) is 0 Å². The van der Waals surface area contributed by atoms with Gasteiger partial charge in [-0.05, 0) is 91.5 Å². The third kappa shape index (κ3) is 5.03. The molecule has 1 saturated heterocycles. The number of aryl methyl sites for hydroxylation is 2. The van der Waals surface area contributed by atoms with Crippen LogP contribution < -0.4 is 16.8 Å². The van der Waals surface area contributed by atoms with E-state index in [1.165, 1.54) is 0 Å². The van der Waals surface area contributed by atoms with E-state index in [4.69, 9.17) is 15.9 Å². The van der Waals surface area contributed by atoms with Crippen LogP contribution in [0.4, 0.5) is 0 Å². The van der Waals surface area contributed by atoms with Crippen molar-refractivity contribution in [1.82, 2.24) is 20.4 Å². The smallest absolute Gasteiger partial charge is 0.248 e. The van der Waals surface area contributed by atoms with Gasteiger partial charge in [-0.3, -0.25) is 14.4 Å². The van der Waals surface area contributed by atoms with Gasteiger partial charge in [0.2, 0.25) is 29.5 Å². The molecule has 3 aromatic rings. The molecule has 2 heterocycles. The van der Waals surface area contributed by atoms with Crippen LogP contribution in [0.15, 0.2) is 40.8 Å². The second kappa shape index (κ2) is 11.2. The number of fused-ring (bicyclic) bond motifs is 3. The number of hydrogen-bond donors (Lipinski definition) is 3. The molecular formula is C33H37N7O4. The Balaban J connectivity index is 1.45. The van der Waals surface area contributed by atoms with E-state index in [2.05, 4.69) is 21.6 Å². The van der Waals surface area contributed by atoms with E-state index in [0.29, 0.717) is 48.1 Å². The Kier molecular flexibility index (Phi) is 7.49. The molecule has 3 aliphatic rings. The number of benzene rings is 2. The predicted octanol–water partition coefficient (Wildman–Crippen LogP) is 2.70. The Morgan fingerprint density at radius 3 is 2.16 bits per heavy atom. The van der Waals surface area contributed by atoms with Gasteiger partial charge in [0, 0.05) is 29.1 Å². The molecule has 0 spiro atoms. The summed E-state index contributed by atoms with van der Waals surface area (Å²) in [6, 6.07) is 12.7. The molecule has 44 heavy (non-hydrogen) atoms. The van der Waals surface area contributed by atoms with E-state index in [-0.39, 0.29) is 36.5 Å². The number of carbonyl (C=O) groups is 3. The maximum absolute atomic E-state index is 13.3. The van der Waals surface area contributed by atoms with Gasteiger partial charge in [0.25, 0.3) is 0 Å². The summed E-state index contributed by atoms with van der Waals surface area (Å²) in [6.45, 7) is 6.04. The highest BCUT2D eigenvalue weighted by atomic mass is 16.4. The van der Waals surface area contributed by atoms with Crippen LogP contribution >= 0.6 is 0 Å². The molecule has 1 aliphatic heterocycles. The molecule has 0 bridgehead atoms. The SMILES string of the molecule is CC(C)c1nnc(C2(C[C@H](C)NCC(=O)N3[C@H](C#N)C[C@@H]4C[C@@H]43)c3ccc(C(N)=O)cc3CCc3cc(C(N)=O)ccc32)o1. The number of carbonyl (C=O) groups excluding carboxylic acids is 3. The summed E-state index contributed by atoms with van der Waals surface area (Å²) in [6.07, 6.45) is 3.28. The lowest BCUT2D eigenvalue weighted by Crippen LogP contribution is -2.46.